The summed E-state index contributed by atoms with van der Waals surface area (Å²) in [5.74, 6) is 1.56. The molecule has 0 spiro atoms. The highest BCUT2D eigenvalue weighted by Crippen LogP contribution is 2.44. The number of hydrogen-bond donors (Lipinski definition) is 2. The molecule has 1 amide bonds. The molecule has 3 aromatic carbocycles. The number of benzene rings is 3. The van der Waals surface area contributed by atoms with Gasteiger partial charge in [-0.3, -0.25) is 9.88 Å². The van der Waals surface area contributed by atoms with Crippen LogP contribution < -0.4 is 20.1 Å². The van der Waals surface area contributed by atoms with Gasteiger partial charge in [0.1, 0.15) is 35.7 Å². The van der Waals surface area contributed by atoms with Crippen molar-refractivity contribution in [3.05, 3.63) is 101 Å². The second-order valence-electron chi connectivity index (χ2n) is 12.8. The number of hydrogen-bond acceptors (Lipinski definition) is 9. The average molecular weight is 781 g/mol. The summed E-state index contributed by atoms with van der Waals surface area (Å²) in [6.07, 6.45) is 3.67. The Morgan fingerprint density at radius 3 is 2.06 bits per heavy atom. The van der Waals surface area contributed by atoms with Gasteiger partial charge in [-0.25, -0.2) is 9.78 Å². The van der Waals surface area contributed by atoms with Gasteiger partial charge in [0.05, 0.1) is 12.3 Å². The van der Waals surface area contributed by atoms with Crippen LogP contribution in [0.25, 0.3) is 0 Å². The number of aromatic nitrogens is 2. The summed E-state index contributed by atoms with van der Waals surface area (Å²) in [7, 11) is -2.78. The molecule has 2 atom stereocenters. The number of primary amides is 1. The third kappa shape index (κ3) is 14.2. The maximum atomic E-state index is 12.8. The molecular weight excluding hydrogens is 720 g/mol. The van der Waals surface area contributed by atoms with Crippen LogP contribution >= 0.6 is 19.0 Å². The summed E-state index contributed by atoms with van der Waals surface area (Å²) in [5, 5.41) is 4.35. The second-order valence-corrected chi connectivity index (χ2v) is 16.3. The van der Waals surface area contributed by atoms with Crippen LogP contribution in [0.4, 0.5) is 4.79 Å². The molecule has 1 aromatic heterocycles. The van der Waals surface area contributed by atoms with E-state index in [1.807, 2.05) is 96.1 Å². The van der Waals surface area contributed by atoms with Gasteiger partial charge < -0.3 is 29.0 Å². The number of carbonyl (C=O) groups excluding carboxylic acids is 2. The molecule has 0 aliphatic heterocycles. The van der Waals surface area contributed by atoms with Gasteiger partial charge in [-0.2, -0.15) is 0 Å². The molecule has 4 rings (SSSR count). The Morgan fingerprint density at radius 2 is 1.52 bits per heavy atom. The van der Waals surface area contributed by atoms with E-state index < -0.39 is 19.4 Å². The van der Waals surface area contributed by atoms with E-state index >= 15 is 0 Å². The summed E-state index contributed by atoms with van der Waals surface area (Å²) >= 11 is 1.65. The van der Waals surface area contributed by atoms with E-state index in [-0.39, 0.29) is 37.4 Å². The molecule has 4 aromatic rings. The zero-order valence-electron chi connectivity index (χ0n) is 34.0. The highest BCUT2D eigenvalue weighted by Gasteiger charge is 2.31. The third-order valence-corrected chi connectivity index (χ3v) is 10.6. The number of ether oxygens (including phenoxy) is 3. The molecule has 0 saturated carbocycles. The predicted molar refractivity (Wildman–Crippen MR) is 224 cm³/mol. The lowest BCUT2D eigenvalue weighted by molar-refractivity contribution is -0.146. The minimum Gasteiger partial charge on any atom is -0.484 e. The second kappa shape index (κ2) is 22.9. The fourth-order valence-corrected chi connectivity index (χ4v) is 8.64. The Kier molecular flexibility index (Phi) is 19.5. The molecule has 0 aliphatic carbocycles. The quantitative estimate of drug-likeness (QED) is 0.0795. The molecular formula is C42H61N4O6PS. The summed E-state index contributed by atoms with van der Waals surface area (Å²) in [6.45, 7) is 22.8. The van der Waals surface area contributed by atoms with Crippen molar-refractivity contribution in [3.8, 4) is 11.5 Å². The zero-order valence-corrected chi connectivity index (χ0v) is 35.7. The molecule has 0 fully saturated rings. The standard InChI is InChI=1S/C38H49N4O6PS.2C2H6/c1-9-45-37(43)35(26(4)5)41-49(8,48-31-13-11-10-12-14-31)24-47-30-17-15-29(16-18-30)22-42-33(23-46-38(39)44)40-34(25(2)3)36(42)50-32-20-27(6)19-28(7)21-32;2*1-2/h10-21,25-26,35,41H,8-9,22-24H2,1-7H3,(H2,39,44);2*1-2H3. The fourth-order valence-electron chi connectivity index (χ4n) is 5.28. The molecule has 12 heteroatoms. The molecule has 0 radical (unpaired) electrons. The van der Waals surface area contributed by atoms with Crippen molar-refractivity contribution in [2.75, 3.05) is 13.0 Å². The van der Waals surface area contributed by atoms with Crippen molar-refractivity contribution in [3.63, 3.8) is 0 Å². The molecule has 3 N–H and O–H groups in total. The van der Waals surface area contributed by atoms with Crippen LogP contribution in [0.1, 0.15) is 96.4 Å². The zero-order chi connectivity index (χ0) is 40.4. The average Bonchev–Trinajstić information content (AvgIpc) is 3.47. The number of nitrogens with two attached hydrogens (primary N) is 1. The summed E-state index contributed by atoms with van der Waals surface area (Å²) < 4.78 is 25.3. The number of rotatable bonds is 17. The molecule has 10 nitrogen and oxygen atoms in total. The first-order chi connectivity index (χ1) is 25.8. The number of nitrogens with zero attached hydrogens (tertiary/aromatic N) is 2. The van der Waals surface area contributed by atoms with Crippen molar-refractivity contribution in [1.29, 1.82) is 0 Å². The lowest BCUT2D eigenvalue weighted by Gasteiger charge is -2.31. The monoisotopic (exact) mass is 780 g/mol. The molecule has 0 bridgehead atoms. The van der Waals surface area contributed by atoms with E-state index in [4.69, 9.17) is 29.5 Å². The van der Waals surface area contributed by atoms with Crippen LogP contribution in [0.15, 0.2) is 82.7 Å². The Labute approximate surface area is 327 Å². The van der Waals surface area contributed by atoms with E-state index in [1.165, 1.54) is 11.1 Å². The number of carbonyl (C=O) groups is 2. The topological polar surface area (TPSA) is 127 Å². The largest absolute Gasteiger partial charge is 0.484 e. The molecule has 1 heterocycles. The lowest BCUT2D eigenvalue weighted by Crippen LogP contribution is -2.42. The van der Waals surface area contributed by atoms with Crippen LogP contribution in [0, 0.1) is 19.8 Å². The number of amides is 1. The molecule has 2 unspecified atom stereocenters. The van der Waals surface area contributed by atoms with Gasteiger partial charge in [-0.1, -0.05) is 104 Å². The first-order valence-corrected chi connectivity index (χ1v) is 21.6. The molecule has 0 saturated heterocycles. The Morgan fingerprint density at radius 1 is 0.907 bits per heavy atom. The van der Waals surface area contributed by atoms with Crippen LogP contribution in [0.2, 0.25) is 0 Å². The van der Waals surface area contributed by atoms with Gasteiger partial charge in [-0.15, -0.1) is 0 Å². The van der Waals surface area contributed by atoms with Crippen molar-refractivity contribution in [2.45, 2.75) is 111 Å². The maximum Gasteiger partial charge on any atom is 0.404 e. The normalized spacial score (nSPS) is 12.4. The van der Waals surface area contributed by atoms with E-state index in [1.54, 1.807) is 18.7 Å². The van der Waals surface area contributed by atoms with Crippen molar-refractivity contribution in [1.82, 2.24) is 14.6 Å². The fraction of sp³-hybridized carbons (Fsp3) is 0.429. The minimum absolute atomic E-state index is 0.0451. The van der Waals surface area contributed by atoms with Crippen LogP contribution in [-0.2, 0) is 27.4 Å². The number of aryl methyl sites for hydroxylation is 2. The first-order valence-electron chi connectivity index (χ1n) is 18.7. The Bertz CT molecular complexity index is 1770. The molecule has 0 aliphatic rings. The summed E-state index contributed by atoms with van der Waals surface area (Å²) in [4.78, 5) is 30.4. The van der Waals surface area contributed by atoms with E-state index in [0.717, 1.165) is 21.2 Å². The first kappa shape index (κ1) is 46.0. The number of nitrogens with one attached hydrogen (secondary N) is 1. The lowest BCUT2D eigenvalue weighted by atomic mass is 10.1. The minimum atomic E-state index is -2.78. The molecule has 54 heavy (non-hydrogen) atoms. The highest BCUT2D eigenvalue weighted by molar-refractivity contribution is 7.99. The van der Waals surface area contributed by atoms with Crippen molar-refractivity contribution < 1.29 is 28.3 Å². The number of para-hydroxylation sites is 1. The van der Waals surface area contributed by atoms with Gasteiger partial charge in [-0.05, 0) is 92.0 Å². The Hall–Kier alpha value is -4.18. The SMILES string of the molecule is C=P(COc1ccc(Cn2c(COC(N)=O)nc(C(C)C)c2Sc2cc(C)cc(C)c2)cc1)(NC(C(=O)OCC)C(C)C)Oc1ccccc1.CC.CC. The van der Waals surface area contributed by atoms with Crippen LogP contribution in [0.5, 0.6) is 11.5 Å². The predicted octanol–water partition coefficient (Wildman–Crippen LogP) is 10.3. The van der Waals surface area contributed by atoms with E-state index in [2.05, 4.69) is 61.8 Å². The highest BCUT2D eigenvalue weighted by atomic mass is 32.2. The van der Waals surface area contributed by atoms with Crippen LogP contribution in [-0.4, -0.2) is 46.9 Å². The van der Waals surface area contributed by atoms with E-state index in [0.29, 0.717) is 23.9 Å². The van der Waals surface area contributed by atoms with Crippen LogP contribution in [0.3, 0.4) is 0 Å². The third-order valence-electron chi connectivity index (χ3n) is 7.63. The van der Waals surface area contributed by atoms with Crippen molar-refractivity contribution in [2.24, 2.45) is 11.7 Å². The number of esters is 1. The smallest absolute Gasteiger partial charge is 0.404 e. The van der Waals surface area contributed by atoms with Crippen molar-refractivity contribution >= 4 is 37.4 Å². The number of imidazole rings is 1. The van der Waals surface area contributed by atoms with Gasteiger partial charge in [0.25, 0.3) is 0 Å². The summed E-state index contributed by atoms with van der Waals surface area (Å²) in [6, 6.07) is 23.0. The summed E-state index contributed by atoms with van der Waals surface area (Å²) in [5.41, 5.74) is 9.60. The Balaban J connectivity index is 0.00000244. The van der Waals surface area contributed by atoms with Gasteiger partial charge >= 0.3 is 12.1 Å². The van der Waals surface area contributed by atoms with E-state index in [9.17, 15) is 9.59 Å². The van der Waals surface area contributed by atoms with Gasteiger partial charge in [0, 0.05) is 11.4 Å². The van der Waals surface area contributed by atoms with Gasteiger partial charge in [0.2, 0.25) is 0 Å². The maximum absolute atomic E-state index is 12.8. The molecule has 296 valence electrons. The van der Waals surface area contributed by atoms with Gasteiger partial charge in [0.15, 0.2) is 13.0 Å².